The van der Waals surface area contributed by atoms with Crippen molar-refractivity contribution < 1.29 is 8.42 Å². The summed E-state index contributed by atoms with van der Waals surface area (Å²) in [6.45, 7) is 3.46. The maximum absolute atomic E-state index is 12.0. The summed E-state index contributed by atoms with van der Waals surface area (Å²) in [6.07, 6.45) is 1.92. The maximum atomic E-state index is 12.0. The lowest BCUT2D eigenvalue weighted by atomic mass is 10.00. The second kappa shape index (κ2) is 8.53. The van der Waals surface area contributed by atoms with E-state index in [0.29, 0.717) is 0 Å². The molecule has 3 heteroatoms. The monoisotopic (exact) mass is 378 g/mol. The van der Waals surface area contributed by atoms with Crippen molar-refractivity contribution in [2.75, 3.05) is 0 Å². The summed E-state index contributed by atoms with van der Waals surface area (Å²) in [5.74, 6) is 0.117. The predicted octanol–water partition coefficient (Wildman–Crippen LogP) is 5.46. The molecule has 0 atom stereocenters. The van der Waals surface area contributed by atoms with Gasteiger partial charge in [0.25, 0.3) is 0 Å². The summed E-state index contributed by atoms with van der Waals surface area (Å²) in [7, 11) is -3.05. The molecule has 0 aliphatic heterocycles. The molecule has 3 rings (SSSR count). The Hall–Kier alpha value is -2.39. The minimum Gasteiger partial charge on any atom is -0.228 e. The lowest BCUT2D eigenvalue weighted by Gasteiger charge is -2.09. The van der Waals surface area contributed by atoms with Crippen molar-refractivity contribution in [3.8, 4) is 11.1 Å². The van der Waals surface area contributed by atoms with Gasteiger partial charge in [-0.1, -0.05) is 78.9 Å². The quantitative estimate of drug-likeness (QED) is 0.547. The molecule has 0 saturated heterocycles. The molecule has 140 valence electrons. The first kappa shape index (κ1) is 19.4. The van der Waals surface area contributed by atoms with Crippen LogP contribution < -0.4 is 0 Å². The molecular weight excluding hydrogens is 352 g/mol. The first-order valence-electron chi connectivity index (χ1n) is 9.38. The van der Waals surface area contributed by atoms with E-state index in [-0.39, 0.29) is 11.0 Å². The smallest absolute Gasteiger partial charge is 0.156 e. The standard InChI is InChI=1S/C24H26O2S/c1-19(2)27(25,26)18-22-12-10-20(11-13-22)8-9-21-14-16-24(17-15-21)23-6-4-3-5-7-23/h3-7,10-17,19H,8-9,18H2,1-2H3. The zero-order valence-corrected chi connectivity index (χ0v) is 16.7. The summed E-state index contributed by atoms with van der Waals surface area (Å²) in [4.78, 5) is 0. The molecule has 0 aliphatic rings. The lowest BCUT2D eigenvalue weighted by Crippen LogP contribution is -2.15. The fourth-order valence-electron chi connectivity index (χ4n) is 2.98. The third-order valence-corrected chi connectivity index (χ3v) is 7.04. The second-order valence-electron chi connectivity index (χ2n) is 7.24. The molecule has 2 nitrogen and oxygen atoms in total. The first-order chi connectivity index (χ1) is 12.9. The second-order valence-corrected chi connectivity index (χ2v) is 9.79. The molecule has 0 radical (unpaired) electrons. The van der Waals surface area contributed by atoms with Crippen molar-refractivity contribution in [1.29, 1.82) is 0 Å². The Morgan fingerprint density at radius 1 is 0.630 bits per heavy atom. The van der Waals surface area contributed by atoms with Crippen LogP contribution in [0.25, 0.3) is 11.1 Å². The minimum absolute atomic E-state index is 0.117. The molecule has 3 aromatic rings. The van der Waals surface area contributed by atoms with Crippen molar-refractivity contribution in [3.05, 3.63) is 95.6 Å². The fourth-order valence-corrected chi connectivity index (χ4v) is 3.97. The normalized spacial score (nSPS) is 11.7. The Morgan fingerprint density at radius 3 is 1.59 bits per heavy atom. The SMILES string of the molecule is CC(C)S(=O)(=O)Cc1ccc(CCc2ccc(-c3ccccc3)cc2)cc1. The van der Waals surface area contributed by atoms with Gasteiger partial charge in [-0.2, -0.15) is 0 Å². The van der Waals surface area contributed by atoms with Crippen molar-refractivity contribution >= 4 is 9.84 Å². The average Bonchev–Trinajstić information content (AvgIpc) is 2.68. The largest absolute Gasteiger partial charge is 0.228 e. The molecule has 0 unspecified atom stereocenters. The van der Waals surface area contributed by atoms with E-state index >= 15 is 0 Å². The van der Waals surface area contributed by atoms with Crippen molar-refractivity contribution in [1.82, 2.24) is 0 Å². The van der Waals surface area contributed by atoms with E-state index in [1.165, 1.54) is 22.3 Å². The number of sulfone groups is 1. The predicted molar refractivity (Wildman–Crippen MR) is 113 cm³/mol. The molecule has 0 N–H and O–H groups in total. The Morgan fingerprint density at radius 2 is 1.07 bits per heavy atom. The Balaban J connectivity index is 1.59. The summed E-state index contributed by atoms with van der Waals surface area (Å²) in [5.41, 5.74) is 5.86. The van der Waals surface area contributed by atoms with E-state index in [0.717, 1.165) is 18.4 Å². The van der Waals surface area contributed by atoms with Crippen LogP contribution in [0, 0.1) is 0 Å². The van der Waals surface area contributed by atoms with Crippen LogP contribution in [0.5, 0.6) is 0 Å². The molecule has 0 bridgehead atoms. The van der Waals surface area contributed by atoms with E-state index < -0.39 is 9.84 Å². The van der Waals surface area contributed by atoms with Gasteiger partial charge in [-0.15, -0.1) is 0 Å². The van der Waals surface area contributed by atoms with Gasteiger partial charge in [-0.05, 0) is 54.5 Å². The van der Waals surface area contributed by atoms with Crippen LogP contribution in [0.2, 0.25) is 0 Å². The van der Waals surface area contributed by atoms with Gasteiger partial charge in [-0.25, -0.2) is 8.42 Å². The molecule has 27 heavy (non-hydrogen) atoms. The first-order valence-corrected chi connectivity index (χ1v) is 11.1. The summed E-state index contributed by atoms with van der Waals surface area (Å²) in [6, 6.07) is 27.1. The minimum atomic E-state index is -3.05. The molecule has 0 fully saturated rings. The van der Waals surface area contributed by atoms with Gasteiger partial charge < -0.3 is 0 Å². The highest BCUT2D eigenvalue weighted by molar-refractivity contribution is 7.91. The van der Waals surface area contributed by atoms with Crippen molar-refractivity contribution in [2.24, 2.45) is 0 Å². The zero-order valence-electron chi connectivity index (χ0n) is 15.9. The van der Waals surface area contributed by atoms with Crippen molar-refractivity contribution in [3.63, 3.8) is 0 Å². The van der Waals surface area contributed by atoms with E-state index in [1.54, 1.807) is 13.8 Å². The van der Waals surface area contributed by atoms with Gasteiger partial charge in [0.1, 0.15) is 0 Å². The Labute approximate surface area is 162 Å². The molecule has 0 heterocycles. The van der Waals surface area contributed by atoms with Crippen LogP contribution in [-0.2, 0) is 28.4 Å². The molecule has 0 aromatic heterocycles. The summed E-state index contributed by atoms with van der Waals surface area (Å²) < 4.78 is 24.1. The number of aryl methyl sites for hydroxylation is 2. The van der Waals surface area contributed by atoms with Gasteiger partial charge in [0.15, 0.2) is 9.84 Å². The number of rotatable bonds is 7. The highest BCUT2D eigenvalue weighted by Gasteiger charge is 2.16. The van der Waals surface area contributed by atoms with E-state index in [1.807, 2.05) is 30.3 Å². The number of hydrogen-bond donors (Lipinski definition) is 0. The van der Waals surface area contributed by atoms with Gasteiger partial charge >= 0.3 is 0 Å². The Kier molecular flexibility index (Phi) is 6.12. The van der Waals surface area contributed by atoms with Crippen LogP contribution in [-0.4, -0.2) is 13.7 Å². The zero-order chi connectivity index (χ0) is 19.3. The van der Waals surface area contributed by atoms with E-state index in [4.69, 9.17) is 0 Å². The molecular formula is C24H26O2S. The van der Waals surface area contributed by atoms with Gasteiger partial charge in [0.05, 0.1) is 11.0 Å². The van der Waals surface area contributed by atoms with Crippen molar-refractivity contribution in [2.45, 2.75) is 37.7 Å². The molecule has 0 saturated carbocycles. The topological polar surface area (TPSA) is 34.1 Å². The van der Waals surface area contributed by atoms with Gasteiger partial charge in [-0.3, -0.25) is 0 Å². The summed E-state index contributed by atoms with van der Waals surface area (Å²) in [5, 5.41) is -0.337. The molecule has 0 aliphatic carbocycles. The third-order valence-electron chi connectivity index (χ3n) is 4.87. The molecule has 0 amide bonds. The van der Waals surface area contributed by atoms with Crippen LogP contribution in [0.4, 0.5) is 0 Å². The van der Waals surface area contributed by atoms with Crippen LogP contribution in [0.1, 0.15) is 30.5 Å². The maximum Gasteiger partial charge on any atom is 0.156 e. The summed E-state index contributed by atoms with van der Waals surface area (Å²) >= 11 is 0. The van der Waals surface area contributed by atoms with Gasteiger partial charge in [0, 0.05) is 0 Å². The van der Waals surface area contributed by atoms with Gasteiger partial charge in [0.2, 0.25) is 0 Å². The molecule has 0 spiro atoms. The Bertz CT molecular complexity index is 955. The molecule has 3 aromatic carbocycles. The van der Waals surface area contributed by atoms with Crippen LogP contribution in [0.3, 0.4) is 0 Å². The number of hydrogen-bond acceptors (Lipinski definition) is 2. The number of benzene rings is 3. The lowest BCUT2D eigenvalue weighted by molar-refractivity contribution is 0.586. The fraction of sp³-hybridized carbons (Fsp3) is 0.250. The third kappa shape index (κ3) is 5.30. The van der Waals surface area contributed by atoms with Crippen LogP contribution >= 0.6 is 0 Å². The highest BCUT2D eigenvalue weighted by atomic mass is 32.2. The van der Waals surface area contributed by atoms with E-state index in [2.05, 4.69) is 48.5 Å². The van der Waals surface area contributed by atoms with Crippen LogP contribution in [0.15, 0.2) is 78.9 Å². The average molecular weight is 379 g/mol. The highest BCUT2D eigenvalue weighted by Crippen LogP contribution is 2.20. The van der Waals surface area contributed by atoms with E-state index in [9.17, 15) is 8.42 Å².